The Hall–Kier alpha value is 0.0700. The number of nitrogens with zero attached hydrogens (tertiary/aromatic N) is 2. The number of hydrogen-bond acceptors (Lipinski definition) is 3. The van der Waals surface area contributed by atoms with E-state index in [2.05, 4.69) is 25.8 Å². The SMILES string of the molecule is Brc1cnc(CN2CCCCC2)s1. The summed E-state index contributed by atoms with van der Waals surface area (Å²) < 4.78 is 1.14. The molecule has 0 radical (unpaired) electrons. The second-order valence-corrected chi connectivity index (χ2v) is 5.89. The van der Waals surface area contributed by atoms with Crippen LogP contribution in [0.3, 0.4) is 0 Å². The highest BCUT2D eigenvalue weighted by molar-refractivity contribution is 9.11. The van der Waals surface area contributed by atoms with Crippen molar-refractivity contribution in [1.82, 2.24) is 9.88 Å². The predicted octanol–water partition coefficient (Wildman–Crippen LogP) is 2.89. The fourth-order valence-electron chi connectivity index (χ4n) is 1.67. The van der Waals surface area contributed by atoms with Crippen LogP contribution in [-0.2, 0) is 6.54 Å². The molecule has 2 nitrogen and oxygen atoms in total. The molecule has 1 aromatic rings. The van der Waals surface area contributed by atoms with Crippen molar-refractivity contribution < 1.29 is 0 Å². The molecule has 13 heavy (non-hydrogen) atoms. The smallest absolute Gasteiger partial charge is 0.108 e. The Kier molecular flexibility index (Phi) is 3.35. The molecule has 0 saturated carbocycles. The van der Waals surface area contributed by atoms with Gasteiger partial charge in [0.05, 0.1) is 16.5 Å². The van der Waals surface area contributed by atoms with Gasteiger partial charge in [-0.3, -0.25) is 4.90 Å². The molecule has 0 aliphatic carbocycles. The molecule has 0 aromatic carbocycles. The van der Waals surface area contributed by atoms with Gasteiger partial charge in [-0.25, -0.2) is 4.98 Å². The molecule has 0 bridgehead atoms. The molecule has 1 aliphatic heterocycles. The van der Waals surface area contributed by atoms with Crippen molar-refractivity contribution in [2.24, 2.45) is 0 Å². The minimum absolute atomic E-state index is 1.04. The first-order valence-electron chi connectivity index (χ1n) is 4.67. The third kappa shape index (κ3) is 2.76. The van der Waals surface area contributed by atoms with Crippen molar-refractivity contribution in [3.05, 3.63) is 15.0 Å². The maximum absolute atomic E-state index is 4.34. The molecule has 2 rings (SSSR count). The largest absolute Gasteiger partial charge is 0.297 e. The number of rotatable bonds is 2. The summed E-state index contributed by atoms with van der Waals surface area (Å²) in [6.07, 6.45) is 6.00. The standard InChI is InChI=1S/C9H13BrN2S/c10-8-6-11-9(13-8)7-12-4-2-1-3-5-12/h6H,1-5,7H2. The highest BCUT2D eigenvalue weighted by Crippen LogP contribution is 2.21. The van der Waals surface area contributed by atoms with Gasteiger partial charge in [-0.15, -0.1) is 11.3 Å². The van der Waals surface area contributed by atoms with Crippen LogP contribution >= 0.6 is 27.3 Å². The van der Waals surface area contributed by atoms with E-state index in [0.717, 1.165) is 10.3 Å². The van der Waals surface area contributed by atoms with Gasteiger partial charge in [-0.05, 0) is 41.9 Å². The maximum Gasteiger partial charge on any atom is 0.108 e. The minimum atomic E-state index is 1.04. The number of piperidine rings is 1. The summed E-state index contributed by atoms with van der Waals surface area (Å²) >= 11 is 5.18. The number of thiazole rings is 1. The summed E-state index contributed by atoms with van der Waals surface area (Å²) in [5.74, 6) is 0. The predicted molar refractivity (Wildman–Crippen MR) is 58.9 cm³/mol. The number of halogens is 1. The molecule has 0 unspecified atom stereocenters. The van der Waals surface area contributed by atoms with E-state index in [1.165, 1.54) is 37.4 Å². The van der Waals surface area contributed by atoms with E-state index in [-0.39, 0.29) is 0 Å². The summed E-state index contributed by atoms with van der Waals surface area (Å²) in [6.45, 7) is 3.53. The highest BCUT2D eigenvalue weighted by atomic mass is 79.9. The van der Waals surface area contributed by atoms with Crippen LogP contribution in [-0.4, -0.2) is 23.0 Å². The molecule has 0 N–H and O–H groups in total. The van der Waals surface area contributed by atoms with Gasteiger partial charge in [0.15, 0.2) is 0 Å². The number of hydrogen-bond donors (Lipinski definition) is 0. The molecule has 0 spiro atoms. The summed E-state index contributed by atoms with van der Waals surface area (Å²) in [5.41, 5.74) is 0. The number of aromatic nitrogens is 1. The van der Waals surface area contributed by atoms with Gasteiger partial charge in [0, 0.05) is 0 Å². The van der Waals surface area contributed by atoms with Gasteiger partial charge < -0.3 is 0 Å². The normalized spacial score (nSPS) is 19.2. The summed E-state index contributed by atoms with van der Waals surface area (Å²) in [7, 11) is 0. The lowest BCUT2D eigenvalue weighted by atomic mass is 10.1. The summed E-state index contributed by atoms with van der Waals surface area (Å²) in [6, 6.07) is 0. The van der Waals surface area contributed by atoms with Crippen molar-refractivity contribution in [3.8, 4) is 0 Å². The zero-order chi connectivity index (χ0) is 9.10. The summed E-state index contributed by atoms with van der Waals surface area (Å²) in [5, 5.41) is 1.23. The fraction of sp³-hybridized carbons (Fsp3) is 0.667. The van der Waals surface area contributed by atoms with Crippen LogP contribution in [0.15, 0.2) is 9.98 Å². The second kappa shape index (κ2) is 4.53. The Morgan fingerprint density at radius 1 is 1.38 bits per heavy atom. The lowest BCUT2D eigenvalue weighted by Crippen LogP contribution is -2.28. The van der Waals surface area contributed by atoms with E-state index >= 15 is 0 Å². The van der Waals surface area contributed by atoms with Crippen LogP contribution < -0.4 is 0 Å². The van der Waals surface area contributed by atoms with E-state index in [1.54, 1.807) is 11.3 Å². The monoisotopic (exact) mass is 260 g/mol. The Morgan fingerprint density at radius 3 is 2.77 bits per heavy atom. The van der Waals surface area contributed by atoms with Gasteiger partial charge in [-0.2, -0.15) is 0 Å². The van der Waals surface area contributed by atoms with Crippen LogP contribution in [0.1, 0.15) is 24.3 Å². The third-order valence-electron chi connectivity index (χ3n) is 2.33. The van der Waals surface area contributed by atoms with Crippen LogP contribution in [0.4, 0.5) is 0 Å². The zero-order valence-electron chi connectivity index (χ0n) is 7.50. The molecule has 1 fully saturated rings. The van der Waals surface area contributed by atoms with Gasteiger partial charge in [0.25, 0.3) is 0 Å². The molecule has 1 aromatic heterocycles. The maximum atomic E-state index is 4.34. The van der Waals surface area contributed by atoms with Gasteiger partial charge in [0.1, 0.15) is 5.01 Å². The zero-order valence-corrected chi connectivity index (χ0v) is 9.90. The van der Waals surface area contributed by atoms with Gasteiger partial charge in [-0.1, -0.05) is 6.42 Å². The third-order valence-corrected chi connectivity index (χ3v) is 3.79. The lowest BCUT2D eigenvalue weighted by molar-refractivity contribution is 0.220. The van der Waals surface area contributed by atoms with Crippen LogP contribution in [0.2, 0.25) is 0 Å². The first-order chi connectivity index (χ1) is 6.34. The first kappa shape index (κ1) is 9.62. The molecule has 0 atom stereocenters. The molecule has 0 amide bonds. The molecule has 4 heteroatoms. The molecular formula is C9H13BrN2S. The molecule has 1 aliphatic rings. The van der Waals surface area contributed by atoms with Crippen molar-refractivity contribution >= 4 is 27.3 Å². The van der Waals surface area contributed by atoms with Crippen molar-refractivity contribution in [1.29, 1.82) is 0 Å². The van der Waals surface area contributed by atoms with Gasteiger partial charge in [0.2, 0.25) is 0 Å². The molecule has 2 heterocycles. The second-order valence-electron chi connectivity index (χ2n) is 3.39. The van der Waals surface area contributed by atoms with Crippen molar-refractivity contribution in [3.63, 3.8) is 0 Å². The topological polar surface area (TPSA) is 16.1 Å². The number of likely N-dealkylation sites (tertiary alicyclic amines) is 1. The van der Waals surface area contributed by atoms with Crippen LogP contribution in [0.25, 0.3) is 0 Å². The van der Waals surface area contributed by atoms with Crippen molar-refractivity contribution in [2.75, 3.05) is 13.1 Å². The van der Waals surface area contributed by atoms with E-state index < -0.39 is 0 Å². The van der Waals surface area contributed by atoms with E-state index in [0.29, 0.717) is 0 Å². The Balaban J connectivity index is 1.89. The fourth-order valence-corrected chi connectivity index (χ4v) is 3.02. The van der Waals surface area contributed by atoms with E-state index in [1.807, 2.05) is 6.20 Å². The quantitative estimate of drug-likeness (QED) is 0.813. The molecule has 1 saturated heterocycles. The average Bonchev–Trinajstić information content (AvgIpc) is 2.53. The van der Waals surface area contributed by atoms with E-state index in [4.69, 9.17) is 0 Å². The van der Waals surface area contributed by atoms with E-state index in [9.17, 15) is 0 Å². The molecule has 72 valence electrons. The molecular weight excluding hydrogens is 248 g/mol. The Labute approximate surface area is 91.1 Å². The average molecular weight is 261 g/mol. The van der Waals surface area contributed by atoms with Crippen LogP contribution in [0.5, 0.6) is 0 Å². The van der Waals surface area contributed by atoms with Gasteiger partial charge >= 0.3 is 0 Å². The Morgan fingerprint density at radius 2 is 2.15 bits per heavy atom. The van der Waals surface area contributed by atoms with Crippen LogP contribution in [0, 0.1) is 0 Å². The highest BCUT2D eigenvalue weighted by Gasteiger charge is 2.11. The summed E-state index contributed by atoms with van der Waals surface area (Å²) in [4.78, 5) is 6.83. The lowest BCUT2D eigenvalue weighted by Gasteiger charge is -2.25. The first-order valence-corrected chi connectivity index (χ1v) is 6.28. The minimum Gasteiger partial charge on any atom is -0.297 e. The Bertz CT molecular complexity index is 268. The van der Waals surface area contributed by atoms with Crippen molar-refractivity contribution in [2.45, 2.75) is 25.8 Å².